The Morgan fingerprint density at radius 3 is 2.59 bits per heavy atom. The average Bonchev–Trinajstić information content (AvgIpc) is 2.77. The lowest BCUT2D eigenvalue weighted by Gasteiger charge is -2.07. The van der Waals surface area contributed by atoms with E-state index in [4.69, 9.17) is 5.73 Å². The topological polar surface area (TPSA) is 69.6 Å². The predicted octanol–water partition coefficient (Wildman–Crippen LogP) is 1.70. The van der Waals surface area contributed by atoms with Gasteiger partial charge in [0.2, 0.25) is 5.95 Å². The summed E-state index contributed by atoms with van der Waals surface area (Å²) in [6, 6.07) is 0.170. The van der Waals surface area contributed by atoms with Crippen LogP contribution in [-0.2, 0) is 6.42 Å². The molecule has 0 aliphatic heterocycles. The molecular weight excluding hydrogens is 282 g/mol. The van der Waals surface area contributed by atoms with Gasteiger partial charge < -0.3 is 5.73 Å². The van der Waals surface area contributed by atoms with Crippen LogP contribution < -0.4 is 5.73 Å². The Balaban J connectivity index is 2.13. The van der Waals surface area contributed by atoms with Gasteiger partial charge in [-0.3, -0.25) is 0 Å². The molecule has 90 valence electrons. The maximum absolute atomic E-state index is 5.88. The van der Waals surface area contributed by atoms with Gasteiger partial charge in [0.25, 0.3) is 0 Å². The number of rotatable bonds is 4. The van der Waals surface area contributed by atoms with Gasteiger partial charge in [0.15, 0.2) is 0 Å². The van der Waals surface area contributed by atoms with Gasteiger partial charge in [0, 0.05) is 24.6 Å². The lowest BCUT2D eigenvalue weighted by atomic mass is 10.1. The third-order valence-corrected chi connectivity index (χ3v) is 2.88. The number of hydrogen-bond acceptors (Lipinski definition) is 4. The summed E-state index contributed by atoms with van der Waals surface area (Å²) >= 11 is 3.33. The summed E-state index contributed by atoms with van der Waals surface area (Å²) in [4.78, 5) is 8.53. The minimum absolute atomic E-state index is 0.170. The second-order valence-corrected chi connectivity index (χ2v) is 4.78. The average molecular weight is 296 g/mol. The van der Waals surface area contributed by atoms with Crippen molar-refractivity contribution in [3.8, 4) is 5.95 Å². The van der Waals surface area contributed by atoms with Gasteiger partial charge in [-0.05, 0) is 34.3 Å². The first-order chi connectivity index (χ1) is 8.19. The summed E-state index contributed by atoms with van der Waals surface area (Å²) < 4.78 is 2.52. The molecule has 0 amide bonds. The molecule has 0 aliphatic rings. The first-order valence-corrected chi connectivity index (χ1v) is 6.25. The molecule has 0 spiro atoms. The van der Waals surface area contributed by atoms with Crippen LogP contribution in [0.15, 0.2) is 29.3 Å². The summed E-state index contributed by atoms with van der Waals surface area (Å²) in [5, 5.41) is 4.11. The van der Waals surface area contributed by atoms with E-state index in [0.717, 1.165) is 22.9 Å². The van der Waals surface area contributed by atoms with Crippen LogP contribution in [0.2, 0.25) is 0 Å². The van der Waals surface area contributed by atoms with Gasteiger partial charge in [-0.15, -0.1) is 0 Å². The fraction of sp³-hybridized carbons (Fsp3) is 0.364. The number of aromatic nitrogens is 4. The van der Waals surface area contributed by atoms with E-state index in [0.29, 0.717) is 5.95 Å². The molecule has 0 saturated carbocycles. The molecule has 0 aliphatic carbocycles. The molecule has 2 aromatic heterocycles. The monoisotopic (exact) mass is 295 g/mol. The molecule has 0 saturated heterocycles. The smallest absolute Gasteiger partial charge is 0.250 e. The zero-order chi connectivity index (χ0) is 12.3. The van der Waals surface area contributed by atoms with Crippen molar-refractivity contribution in [1.29, 1.82) is 0 Å². The summed E-state index contributed by atoms with van der Waals surface area (Å²) in [6.45, 7) is 2.07. The highest BCUT2D eigenvalue weighted by Gasteiger charge is 2.05. The van der Waals surface area contributed by atoms with Crippen LogP contribution >= 0.6 is 15.9 Å². The van der Waals surface area contributed by atoms with Crippen molar-refractivity contribution in [1.82, 2.24) is 19.7 Å². The van der Waals surface area contributed by atoms with Crippen molar-refractivity contribution in [2.75, 3.05) is 0 Å². The first kappa shape index (κ1) is 12.2. The first-order valence-electron chi connectivity index (χ1n) is 5.46. The molecule has 1 atom stereocenters. The highest BCUT2D eigenvalue weighted by molar-refractivity contribution is 9.10. The number of hydrogen-bond donors (Lipinski definition) is 1. The van der Waals surface area contributed by atoms with Crippen molar-refractivity contribution >= 4 is 15.9 Å². The predicted molar refractivity (Wildman–Crippen MR) is 68.8 cm³/mol. The Morgan fingerprint density at radius 2 is 2.06 bits per heavy atom. The van der Waals surface area contributed by atoms with Crippen molar-refractivity contribution in [3.63, 3.8) is 0 Å². The molecule has 5 nitrogen and oxygen atoms in total. The summed E-state index contributed by atoms with van der Waals surface area (Å²) in [5.41, 5.74) is 6.93. The second kappa shape index (κ2) is 5.37. The lowest BCUT2D eigenvalue weighted by Crippen LogP contribution is -2.21. The van der Waals surface area contributed by atoms with E-state index in [1.54, 1.807) is 23.3 Å². The maximum Gasteiger partial charge on any atom is 0.250 e. The van der Waals surface area contributed by atoms with Crippen molar-refractivity contribution in [2.45, 2.75) is 25.8 Å². The van der Waals surface area contributed by atoms with Crippen LogP contribution in [0.3, 0.4) is 0 Å². The van der Waals surface area contributed by atoms with E-state index in [9.17, 15) is 0 Å². The van der Waals surface area contributed by atoms with Crippen molar-refractivity contribution in [2.24, 2.45) is 5.73 Å². The molecule has 17 heavy (non-hydrogen) atoms. The van der Waals surface area contributed by atoms with Gasteiger partial charge in [0.1, 0.15) is 0 Å². The minimum Gasteiger partial charge on any atom is -0.327 e. The van der Waals surface area contributed by atoms with Gasteiger partial charge in [0.05, 0.1) is 10.7 Å². The van der Waals surface area contributed by atoms with Crippen molar-refractivity contribution < 1.29 is 0 Å². The van der Waals surface area contributed by atoms with Crippen LogP contribution in [0, 0.1) is 0 Å². The number of nitrogens with two attached hydrogens (primary N) is 1. The van der Waals surface area contributed by atoms with Gasteiger partial charge in [-0.1, -0.05) is 6.92 Å². The quantitative estimate of drug-likeness (QED) is 0.932. The molecular formula is C11H14BrN5. The van der Waals surface area contributed by atoms with Crippen LogP contribution in [0.5, 0.6) is 0 Å². The molecule has 2 heterocycles. The Kier molecular flexibility index (Phi) is 3.86. The largest absolute Gasteiger partial charge is 0.327 e. The maximum atomic E-state index is 5.88. The second-order valence-electron chi connectivity index (χ2n) is 3.87. The fourth-order valence-corrected chi connectivity index (χ4v) is 1.71. The zero-order valence-electron chi connectivity index (χ0n) is 9.55. The van der Waals surface area contributed by atoms with Gasteiger partial charge >= 0.3 is 0 Å². The van der Waals surface area contributed by atoms with E-state index in [1.165, 1.54) is 0 Å². The van der Waals surface area contributed by atoms with Gasteiger partial charge in [-0.25, -0.2) is 14.6 Å². The zero-order valence-corrected chi connectivity index (χ0v) is 11.1. The standard InChI is InChI=1S/C11H14BrN5/c1-2-10(13)3-8-4-14-11(15-5-8)17-7-9(12)6-16-17/h4-7,10H,2-3,13H2,1H3. The fourth-order valence-electron chi connectivity index (χ4n) is 1.43. The number of halogens is 1. The minimum atomic E-state index is 0.170. The van der Waals surface area contributed by atoms with E-state index in [-0.39, 0.29) is 6.04 Å². The molecule has 0 bridgehead atoms. The Morgan fingerprint density at radius 1 is 1.35 bits per heavy atom. The summed E-state index contributed by atoms with van der Waals surface area (Å²) in [7, 11) is 0. The Hall–Kier alpha value is -1.27. The highest BCUT2D eigenvalue weighted by atomic mass is 79.9. The highest BCUT2D eigenvalue weighted by Crippen LogP contribution is 2.09. The lowest BCUT2D eigenvalue weighted by molar-refractivity contribution is 0.642. The Bertz CT molecular complexity index is 479. The van der Waals surface area contributed by atoms with E-state index < -0.39 is 0 Å². The van der Waals surface area contributed by atoms with E-state index in [2.05, 4.69) is 37.9 Å². The van der Waals surface area contributed by atoms with E-state index in [1.807, 2.05) is 6.20 Å². The van der Waals surface area contributed by atoms with Gasteiger partial charge in [-0.2, -0.15) is 5.10 Å². The molecule has 2 N–H and O–H groups in total. The molecule has 6 heteroatoms. The summed E-state index contributed by atoms with van der Waals surface area (Å²) in [6.07, 6.45) is 8.87. The SMILES string of the molecule is CCC(N)Cc1cnc(-n2cc(Br)cn2)nc1. The molecule has 2 rings (SSSR count). The molecule has 0 aromatic carbocycles. The van der Waals surface area contributed by atoms with Crippen LogP contribution in [0.4, 0.5) is 0 Å². The molecule has 2 aromatic rings. The third-order valence-electron chi connectivity index (χ3n) is 2.47. The summed E-state index contributed by atoms with van der Waals surface area (Å²) in [5.74, 6) is 0.560. The van der Waals surface area contributed by atoms with Crippen LogP contribution in [0.25, 0.3) is 5.95 Å². The normalized spacial score (nSPS) is 12.6. The number of nitrogens with zero attached hydrogens (tertiary/aromatic N) is 4. The van der Waals surface area contributed by atoms with Crippen LogP contribution in [0.1, 0.15) is 18.9 Å². The van der Waals surface area contributed by atoms with Crippen molar-refractivity contribution in [3.05, 3.63) is 34.8 Å². The third kappa shape index (κ3) is 3.10. The molecule has 0 fully saturated rings. The molecule has 1 unspecified atom stereocenters. The van der Waals surface area contributed by atoms with E-state index >= 15 is 0 Å². The Labute approximate surface area is 108 Å². The van der Waals surface area contributed by atoms with Crippen LogP contribution in [-0.4, -0.2) is 25.8 Å². The molecule has 0 radical (unpaired) electrons.